The summed E-state index contributed by atoms with van der Waals surface area (Å²) >= 11 is 0. The van der Waals surface area contributed by atoms with Gasteiger partial charge in [0, 0.05) is 43.1 Å². The van der Waals surface area contributed by atoms with Crippen molar-refractivity contribution in [2.24, 2.45) is 0 Å². The number of carbonyl (C=O) groups excluding carboxylic acids is 1. The van der Waals surface area contributed by atoms with Crippen molar-refractivity contribution in [2.45, 2.75) is 43.2 Å². The molecule has 1 amide bonds. The van der Waals surface area contributed by atoms with Crippen molar-refractivity contribution in [1.82, 2.24) is 9.80 Å². The number of nitrogens with zero attached hydrogens (tertiary/aromatic N) is 2. The first-order valence-corrected chi connectivity index (χ1v) is 10.3. The zero-order valence-electron chi connectivity index (χ0n) is 15.8. The van der Waals surface area contributed by atoms with E-state index >= 15 is 0 Å². The van der Waals surface area contributed by atoms with E-state index in [-0.39, 0.29) is 17.4 Å². The predicted molar refractivity (Wildman–Crippen MR) is 103 cm³/mol. The van der Waals surface area contributed by atoms with Crippen LogP contribution >= 0.6 is 0 Å². The number of para-hydroxylation sites is 1. The number of benzene rings is 1. The van der Waals surface area contributed by atoms with E-state index in [1.165, 1.54) is 5.56 Å². The van der Waals surface area contributed by atoms with Crippen LogP contribution in [0.4, 0.5) is 0 Å². The quantitative estimate of drug-likeness (QED) is 0.752. The molecule has 0 bridgehead atoms. The number of ether oxygens (including phenoxy) is 2. The Bertz CT molecular complexity index is 725. The molecular formula is C22H28N2O3. The van der Waals surface area contributed by atoms with Gasteiger partial charge in [0.25, 0.3) is 5.91 Å². The Balaban J connectivity index is 1.38. The summed E-state index contributed by atoms with van der Waals surface area (Å²) in [6.45, 7) is 5.34. The number of piperidine rings is 1. The van der Waals surface area contributed by atoms with Crippen molar-refractivity contribution < 1.29 is 14.3 Å². The lowest BCUT2D eigenvalue weighted by atomic mass is 9.67. The molecule has 0 N–H and O–H groups in total. The van der Waals surface area contributed by atoms with E-state index in [1.807, 2.05) is 17.0 Å². The molecule has 27 heavy (non-hydrogen) atoms. The minimum atomic E-state index is -0.360. The molecule has 1 aromatic carbocycles. The first-order valence-electron chi connectivity index (χ1n) is 10.3. The second-order valence-corrected chi connectivity index (χ2v) is 8.36. The molecule has 1 spiro atoms. The maximum atomic E-state index is 13.0. The molecule has 4 aliphatic heterocycles. The maximum Gasteiger partial charge on any atom is 0.264 e. The van der Waals surface area contributed by atoms with Crippen molar-refractivity contribution in [3.63, 3.8) is 0 Å². The molecule has 5 nitrogen and oxygen atoms in total. The van der Waals surface area contributed by atoms with Crippen LogP contribution in [0.15, 0.2) is 36.4 Å². The number of rotatable bonds is 2. The molecule has 144 valence electrons. The zero-order chi connectivity index (χ0) is 18.3. The van der Waals surface area contributed by atoms with Gasteiger partial charge in [-0.15, -0.1) is 0 Å². The third-order valence-electron chi connectivity index (χ3n) is 6.89. The summed E-state index contributed by atoms with van der Waals surface area (Å²) in [7, 11) is 0. The van der Waals surface area contributed by atoms with E-state index in [4.69, 9.17) is 9.47 Å². The normalized spacial score (nSPS) is 29.7. The summed E-state index contributed by atoms with van der Waals surface area (Å²) in [5, 5.41) is 0. The molecule has 2 unspecified atom stereocenters. The Kier molecular flexibility index (Phi) is 4.44. The van der Waals surface area contributed by atoms with Crippen LogP contribution in [-0.4, -0.2) is 67.2 Å². The number of fused-ring (bicyclic) bond motifs is 2. The van der Waals surface area contributed by atoms with Gasteiger partial charge >= 0.3 is 0 Å². The molecule has 1 aromatic rings. The average molecular weight is 368 g/mol. The van der Waals surface area contributed by atoms with E-state index in [0.717, 1.165) is 57.7 Å². The summed E-state index contributed by atoms with van der Waals surface area (Å²) in [5.74, 6) is 1.05. The van der Waals surface area contributed by atoms with Gasteiger partial charge in [-0.25, -0.2) is 0 Å². The van der Waals surface area contributed by atoms with Crippen molar-refractivity contribution >= 4 is 5.91 Å². The van der Waals surface area contributed by atoms with Crippen LogP contribution in [0.2, 0.25) is 0 Å². The summed E-state index contributed by atoms with van der Waals surface area (Å²) in [5.41, 5.74) is 1.36. The third kappa shape index (κ3) is 3.07. The fourth-order valence-corrected chi connectivity index (χ4v) is 5.27. The van der Waals surface area contributed by atoms with Gasteiger partial charge in [0.2, 0.25) is 0 Å². The van der Waals surface area contributed by atoms with Crippen molar-refractivity contribution in [3.8, 4) is 5.75 Å². The lowest BCUT2D eigenvalue weighted by Crippen LogP contribution is -2.53. The van der Waals surface area contributed by atoms with Gasteiger partial charge in [-0.05, 0) is 38.4 Å². The van der Waals surface area contributed by atoms with Gasteiger partial charge in [0.15, 0.2) is 6.10 Å². The number of carbonyl (C=O) groups is 1. The Labute approximate surface area is 160 Å². The largest absolute Gasteiger partial charge is 0.480 e. The summed E-state index contributed by atoms with van der Waals surface area (Å²) in [6, 6.07) is 8.94. The van der Waals surface area contributed by atoms with Crippen molar-refractivity contribution in [1.29, 1.82) is 0 Å². The van der Waals surface area contributed by atoms with Crippen LogP contribution in [0.5, 0.6) is 5.75 Å². The standard InChI is InChI=1S/C22H28N2O3/c25-21(24-10-3-4-11-24)20-15-22(18-5-1-2-6-19(18)27-20)8-12-23(13-9-22)17-7-14-26-16-17/h1-6,17,20H,7-16H2. The molecule has 0 aromatic heterocycles. The lowest BCUT2D eigenvalue weighted by Gasteiger charge is -2.48. The van der Waals surface area contributed by atoms with Gasteiger partial charge in [-0.2, -0.15) is 0 Å². The van der Waals surface area contributed by atoms with Crippen LogP contribution in [0, 0.1) is 0 Å². The van der Waals surface area contributed by atoms with Crippen molar-refractivity contribution in [3.05, 3.63) is 42.0 Å². The number of amides is 1. The molecule has 2 saturated heterocycles. The number of likely N-dealkylation sites (tertiary alicyclic amines) is 1. The predicted octanol–water partition coefficient (Wildman–Crippen LogP) is 2.36. The molecular weight excluding hydrogens is 340 g/mol. The van der Waals surface area contributed by atoms with Gasteiger partial charge in [0.05, 0.1) is 6.61 Å². The lowest BCUT2D eigenvalue weighted by molar-refractivity contribution is -0.139. The van der Waals surface area contributed by atoms with Crippen LogP contribution < -0.4 is 4.74 Å². The van der Waals surface area contributed by atoms with Crippen LogP contribution in [0.1, 0.15) is 31.2 Å². The average Bonchev–Trinajstić information content (AvgIpc) is 3.42. The Morgan fingerprint density at radius 2 is 1.89 bits per heavy atom. The third-order valence-corrected chi connectivity index (χ3v) is 6.89. The van der Waals surface area contributed by atoms with E-state index in [0.29, 0.717) is 19.1 Å². The molecule has 5 rings (SSSR count). The van der Waals surface area contributed by atoms with Gasteiger partial charge in [-0.1, -0.05) is 30.4 Å². The van der Waals surface area contributed by atoms with Crippen LogP contribution in [0.3, 0.4) is 0 Å². The minimum Gasteiger partial charge on any atom is -0.480 e. The van der Waals surface area contributed by atoms with E-state index in [1.54, 1.807) is 0 Å². The first-order chi connectivity index (χ1) is 13.3. The highest BCUT2D eigenvalue weighted by atomic mass is 16.5. The van der Waals surface area contributed by atoms with E-state index < -0.39 is 0 Å². The molecule has 2 fully saturated rings. The SMILES string of the molecule is O=C(C1CC2(CCN(C3CCOC3)CC2)c2ccccc2O1)N1CC=CC1. The van der Waals surface area contributed by atoms with Crippen LogP contribution in [0.25, 0.3) is 0 Å². The second-order valence-electron chi connectivity index (χ2n) is 8.36. The van der Waals surface area contributed by atoms with Gasteiger partial charge in [0.1, 0.15) is 5.75 Å². The minimum absolute atomic E-state index is 0.0539. The van der Waals surface area contributed by atoms with Gasteiger partial charge in [-0.3, -0.25) is 9.69 Å². The highest BCUT2D eigenvalue weighted by Gasteiger charge is 2.47. The molecule has 2 atom stereocenters. The Morgan fingerprint density at radius 3 is 2.63 bits per heavy atom. The fourth-order valence-electron chi connectivity index (χ4n) is 5.27. The molecule has 0 aliphatic carbocycles. The Hall–Kier alpha value is -1.85. The molecule has 4 aliphatic rings. The molecule has 0 radical (unpaired) electrons. The topological polar surface area (TPSA) is 42.0 Å². The van der Waals surface area contributed by atoms with Gasteiger partial charge < -0.3 is 14.4 Å². The van der Waals surface area contributed by atoms with E-state index in [9.17, 15) is 4.79 Å². The smallest absolute Gasteiger partial charge is 0.264 e. The Morgan fingerprint density at radius 1 is 1.11 bits per heavy atom. The second kappa shape index (κ2) is 6.95. The fraction of sp³-hybridized carbons (Fsp3) is 0.591. The maximum absolute atomic E-state index is 13.0. The highest BCUT2D eigenvalue weighted by Crippen LogP contribution is 2.48. The summed E-state index contributed by atoms with van der Waals surface area (Å²) in [4.78, 5) is 17.5. The monoisotopic (exact) mass is 368 g/mol. The summed E-state index contributed by atoms with van der Waals surface area (Å²) in [6.07, 6.45) is 7.89. The van der Waals surface area contributed by atoms with E-state index in [2.05, 4.69) is 29.2 Å². The summed E-state index contributed by atoms with van der Waals surface area (Å²) < 4.78 is 11.8. The molecule has 5 heteroatoms. The first kappa shape index (κ1) is 17.3. The van der Waals surface area contributed by atoms with Crippen LogP contribution in [-0.2, 0) is 14.9 Å². The highest BCUT2D eigenvalue weighted by molar-refractivity contribution is 5.82. The molecule has 4 heterocycles. The van der Waals surface area contributed by atoms with Crippen molar-refractivity contribution in [2.75, 3.05) is 39.4 Å². The molecule has 0 saturated carbocycles. The number of hydrogen-bond acceptors (Lipinski definition) is 4. The number of hydrogen-bond donors (Lipinski definition) is 0. The zero-order valence-corrected chi connectivity index (χ0v) is 15.8.